The lowest BCUT2D eigenvalue weighted by Crippen LogP contribution is -2.19. The van der Waals surface area contributed by atoms with Crippen LogP contribution in [0.5, 0.6) is 11.5 Å². The number of aromatic nitrogens is 3. The Hall–Kier alpha value is -4.07. The average Bonchev–Trinajstić information content (AvgIpc) is 3.23. The van der Waals surface area contributed by atoms with Gasteiger partial charge in [0.1, 0.15) is 5.52 Å². The fraction of sp³-hybridized carbons (Fsp3) is 0.208. The predicted octanol–water partition coefficient (Wildman–Crippen LogP) is 3.94. The van der Waals surface area contributed by atoms with Crippen molar-refractivity contribution >= 4 is 22.9 Å². The first-order valence-corrected chi connectivity index (χ1v) is 10.1. The van der Waals surface area contributed by atoms with Gasteiger partial charge >= 0.3 is 0 Å². The van der Waals surface area contributed by atoms with Crippen molar-refractivity contribution in [2.75, 3.05) is 31.5 Å². The first kappa shape index (κ1) is 21.2. The molecule has 4 aromatic rings. The Labute approximate surface area is 186 Å². The first-order chi connectivity index (χ1) is 15.5. The quantitative estimate of drug-likeness (QED) is 0.477. The van der Waals surface area contributed by atoms with Crippen molar-refractivity contribution in [3.05, 3.63) is 77.7 Å². The number of hydrogen-bond acceptors (Lipinski definition) is 6. The largest absolute Gasteiger partial charge is 0.493 e. The van der Waals surface area contributed by atoms with Crippen molar-refractivity contribution in [1.82, 2.24) is 14.6 Å². The molecule has 0 atom stereocenters. The van der Waals surface area contributed by atoms with Gasteiger partial charge in [-0.1, -0.05) is 30.3 Å². The normalized spacial score (nSPS) is 10.8. The van der Waals surface area contributed by atoms with Crippen LogP contribution < -0.4 is 19.7 Å². The number of carbonyl (C=O) groups is 1. The number of carbonyl (C=O) groups excluding carboxylic acids is 1. The van der Waals surface area contributed by atoms with Crippen LogP contribution in [-0.4, -0.2) is 41.8 Å². The minimum atomic E-state index is -0.324. The standard InChI is InChI=1S/C24H25N5O3/c1-16-14-29-20(23(25-16)28(2)15-17-8-6-5-7-9-17)13-19(27-29)24(30)26-18-10-11-21(31-3)22(12-18)32-4/h5-14H,15H2,1-4H3,(H,26,30). The van der Waals surface area contributed by atoms with Crippen LogP contribution in [-0.2, 0) is 6.54 Å². The van der Waals surface area contributed by atoms with Gasteiger partial charge in [-0.05, 0) is 24.6 Å². The Morgan fingerprint density at radius 3 is 2.53 bits per heavy atom. The molecule has 32 heavy (non-hydrogen) atoms. The van der Waals surface area contributed by atoms with E-state index < -0.39 is 0 Å². The Bertz CT molecular complexity index is 1250. The first-order valence-electron chi connectivity index (χ1n) is 10.1. The van der Waals surface area contributed by atoms with E-state index in [9.17, 15) is 4.79 Å². The van der Waals surface area contributed by atoms with Crippen molar-refractivity contribution in [2.45, 2.75) is 13.5 Å². The monoisotopic (exact) mass is 431 g/mol. The SMILES string of the molecule is COc1ccc(NC(=O)c2cc3c(N(C)Cc4ccccc4)nc(C)cn3n2)cc1OC. The van der Waals surface area contributed by atoms with E-state index >= 15 is 0 Å². The lowest BCUT2D eigenvalue weighted by atomic mass is 10.2. The molecule has 0 unspecified atom stereocenters. The number of amides is 1. The molecule has 8 heteroatoms. The molecule has 0 aliphatic heterocycles. The highest BCUT2D eigenvalue weighted by Gasteiger charge is 2.17. The molecule has 0 radical (unpaired) electrons. The van der Waals surface area contributed by atoms with Crippen LogP contribution >= 0.6 is 0 Å². The molecule has 0 aliphatic carbocycles. The highest BCUT2D eigenvalue weighted by Crippen LogP contribution is 2.30. The maximum Gasteiger partial charge on any atom is 0.276 e. The van der Waals surface area contributed by atoms with Gasteiger partial charge in [0.05, 0.1) is 26.1 Å². The molecule has 0 fully saturated rings. The van der Waals surface area contributed by atoms with Crippen molar-refractivity contribution in [1.29, 1.82) is 0 Å². The summed E-state index contributed by atoms with van der Waals surface area (Å²) in [7, 11) is 5.09. The van der Waals surface area contributed by atoms with Gasteiger partial charge in [0, 0.05) is 31.4 Å². The highest BCUT2D eigenvalue weighted by atomic mass is 16.5. The Morgan fingerprint density at radius 1 is 1.06 bits per heavy atom. The van der Waals surface area contributed by atoms with Gasteiger partial charge in [-0.25, -0.2) is 9.50 Å². The van der Waals surface area contributed by atoms with Gasteiger partial charge < -0.3 is 19.7 Å². The summed E-state index contributed by atoms with van der Waals surface area (Å²) in [5.74, 6) is 1.55. The van der Waals surface area contributed by atoms with Gasteiger partial charge in [-0.15, -0.1) is 0 Å². The van der Waals surface area contributed by atoms with Crippen LogP contribution in [0.2, 0.25) is 0 Å². The molecule has 4 rings (SSSR count). The van der Waals surface area contributed by atoms with Gasteiger partial charge in [-0.3, -0.25) is 4.79 Å². The van der Waals surface area contributed by atoms with E-state index in [-0.39, 0.29) is 5.91 Å². The molecule has 2 heterocycles. The number of nitrogens with zero attached hydrogens (tertiary/aromatic N) is 4. The van der Waals surface area contributed by atoms with Gasteiger partial charge in [0.2, 0.25) is 0 Å². The maximum atomic E-state index is 12.9. The van der Waals surface area contributed by atoms with Crippen LogP contribution in [0.1, 0.15) is 21.7 Å². The van der Waals surface area contributed by atoms with E-state index in [0.29, 0.717) is 29.4 Å². The number of anilines is 2. The summed E-state index contributed by atoms with van der Waals surface area (Å²) in [6, 6.07) is 17.1. The smallest absolute Gasteiger partial charge is 0.276 e. The number of nitrogens with one attached hydrogen (secondary N) is 1. The number of fused-ring (bicyclic) bond motifs is 1. The van der Waals surface area contributed by atoms with Gasteiger partial charge in [-0.2, -0.15) is 5.10 Å². The Kier molecular flexibility index (Phi) is 5.93. The van der Waals surface area contributed by atoms with E-state index in [1.54, 1.807) is 43.0 Å². The molecule has 0 bridgehead atoms. The zero-order valence-corrected chi connectivity index (χ0v) is 18.5. The molecule has 164 valence electrons. The third-order valence-corrected chi connectivity index (χ3v) is 5.05. The lowest BCUT2D eigenvalue weighted by molar-refractivity contribution is 0.102. The van der Waals surface area contributed by atoms with E-state index in [1.165, 1.54) is 5.56 Å². The molecule has 2 aromatic carbocycles. The van der Waals surface area contributed by atoms with Crippen molar-refractivity contribution in [3.8, 4) is 11.5 Å². The number of hydrogen-bond donors (Lipinski definition) is 1. The van der Waals surface area contributed by atoms with Gasteiger partial charge in [0.25, 0.3) is 5.91 Å². The molecular weight excluding hydrogens is 406 g/mol. The van der Waals surface area contributed by atoms with Crippen molar-refractivity contribution in [3.63, 3.8) is 0 Å². The second-order valence-electron chi connectivity index (χ2n) is 7.43. The minimum absolute atomic E-state index is 0.293. The summed E-state index contributed by atoms with van der Waals surface area (Å²) in [5, 5.41) is 7.34. The molecule has 1 N–H and O–H groups in total. The summed E-state index contributed by atoms with van der Waals surface area (Å²) < 4.78 is 12.2. The molecule has 0 spiro atoms. The molecule has 0 aliphatic rings. The molecule has 0 saturated carbocycles. The van der Waals surface area contributed by atoms with Crippen LogP contribution in [0.15, 0.2) is 60.8 Å². The second kappa shape index (κ2) is 8.97. The number of methoxy groups -OCH3 is 2. The molecule has 1 amide bonds. The highest BCUT2D eigenvalue weighted by molar-refractivity contribution is 6.04. The summed E-state index contributed by atoms with van der Waals surface area (Å²) in [5.41, 5.74) is 3.61. The van der Waals surface area contributed by atoms with Crippen molar-refractivity contribution in [2.24, 2.45) is 0 Å². The topological polar surface area (TPSA) is 81.0 Å². The molecule has 8 nitrogen and oxygen atoms in total. The summed E-state index contributed by atoms with van der Waals surface area (Å²) in [6.45, 7) is 2.59. The lowest BCUT2D eigenvalue weighted by Gasteiger charge is -2.19. The van der Waals surface area contributed by atoms with Gasteiger partial charge in [0.15, 0.2) is 23.0 Å². The fourth-order valence-electron chi connectivity index (χ4n) is 3.52. The van der Waals surface area contributed by atoms with Crippen LogP contribution in [0.3, 0.4) is 0 Å². The van der Waals surface area contributed by atoms with Crippen molar-refractivity contribution < 1.29 is 14.3 Å². The van der Waals surface area contributed by atoms with E-state index in [4.69, 9.17) is 14.5 Å². The molecular formula is C24H25N5O3. The summed E-state index contributed by atoms with van der Waals surface area (Å²) in [4.78, 5) is 19.7. The van der Waals surface area contributed by atoms with E-state index in [2.05, 4.69) is 27.4 Å². The second-order valence-corrected chi connectivity index (χ2v) is 7.43. The van der Waals surface area contributed by atoms with E-state index in [0.717, 1.165) is 17.0 Å². The molecule has 2 aromatic heterocycles. The Morgan fingerprint density at radius 2 is 1.81 bits per heavy atom. The van der Waals surface area contributed by atoms with Crippen LogP contribution in [0.25, 0.3) is 5.52 Å². The number of rotatable bonds is 7. The van der Waals surface area contributed by atoms with Crippen LogP contribution in [0, 0.1) is 6.92 Å². The van der Waals surface area contributed by atoms with Crippen LogP contribution in [0.4, 0.5) is 11.5 Å². The minimum Gasteiger partial charge on any atom is -0.493 e. The zero-order valence-electron chi connectivity index (χ0n) is 18.5. The fourth-order valence-corrected chi connectivity index (χ4v) is 3.52. The third kappa shape index (κ3) is 4.34. The summed E-state index contributed by atoms with van der Waals surface area (Å²) >= 11 is 0. The summed E-state index contributed by atoms with van der Waals surface area (Å²) in [6.07, 6.45) is 1.81. The molecule has 0 saturated heterocycles. The zero-order chi connectivity index (χ0) is 22.7. The van der Waals surface area contributed by atoms with E-state index in [1.807, 2.05) is 38.4 Å². The third-order valence-electron chi connectivity index (χ3n) is 5.05. The Balaban J connectivity index is 1.62. The average molecular weight is 431 g/mol. The number of benzene rings is 2. The number of aryl methyl sites for hydroxylation is 1. The predicted molar refractivity (Wildman–Crippen MR) is 124 cm³/mol. The maximum absolute atomic E-state index is 12.9. The number of ether oxygens (including phenoxy) is 2.